The van der Waals surface area contributed by atoms with Crippen LogP contribution in [0.25, 0.3) is 0 Å². The summed E-state index contributed by atoms with van der Waals surface area (Å²) >= 11 is 0. The zero-order chi connectivity index (χ0) is 14.5. The maximum Gasteiger partial charge on any atom is 0.317 e. The molecule has 1 saturated heterocycles. The quantitative estimate of drug-likeness (QED) is 0.887. The minimum Gasteiger partial charge on any atom is -0.361 e. The number of amides is 2. The van der Waals surface area contributed by atoms with Crippen molar-refractivity contribution in [3.8, 4) is 0 Å². The number of aromatic nitrogens is 1. The summed E-state index contributed by atoms with van der Waals surface area (Å²) in [4.78, 5) is 16.0. The van der Waals surface area contributed by atoms with Crippen LogP contribution in [0.1, 0.15) is 24.8 Å². The second kappa shape index (κ2) is 6.74. The Morgan fingerprint density at radius 2 is 2.45 bits per heavy atom. The van der Waals surface area contributed by atoms with E-state index < -0.39 is 0 Å². The molecule has 6 nitrogen and oxygen atoms in total. The van der Waals surface area contributed by atoms with Gasteiger partial charge in [-0.05, 0) is 32.4 Å². The summed E-state index contributed by atoms with van der Waals surface area (Å²) in [6, 6.07) is 1.79. The van der Waals surface area contributed by atoms with E-state index in [9.17, 15) is 4.79 Å². The summed E-state index contributed by atoms with van der Waals surface area (Å²) in [5.74, 6) is 1.33. The molecule has 1 aliphatic rings. The lowest BCUT2D eigenvalue weighted by atomic mass is 10.1. The summed E-state index contributed by atoms with van der Waals surface area (Å²) in [7, 11) is 1.77. The molecule has 1 aliphatic heterocycles. The van der Waals surface area contributed by atoms with Crippen molar-refractivity contribution in [1.29, 1.82) is 0 Å². The highest BCUT2D eigenvalue weighted by molar-refractivity contribution is 5.73. The van der Waals surface area contributed by atoms with E-state index in [0.717, 1.165) is 37.6 Å². The van der Waals surface area contributed by atoms with Crippen molar-refractivity contribution in [2.24, 2.45) is 5.92 Å². The number of likely N-dealkylation sites (tertiary alicyclic amines) is 1. The Kier molecular flexibility index (Phi) is 5.00. The van der Waals surface area contributed by atoms with Crippen LogP contribution in [0.2, 0.25) is 0 Å². The molecule has 0 aliphatic carbocycles. The van der Waals surface area contributed by atoms with Crippen LogP contribution in [-0.2, 0) is 6.54 Å². The Balaban J connectivity index is 1.71. The van der Waals surface area contributed by atoms with Gasteiger partial charge in [-0.2, -0.15) is 0 Å². The van der Waals surface area contributed by atoms with Crippen LogP contribution in [0.3, 0.4) is 0 Å². The highest BCUT2D eigenvalue weighted by Gasteiger charge is 2.22. The lowest BCUT2D eigenvalue weighted by Crippen LogP contribution is -2.39. The third-order valence-corrected chi connectivity index (χ3v) is 3.78. The summed E-state index contributed by atoms with van der Waals surface area (Å²) < 4.78 is 5.00. The molecule has 6 heteroatoms. The minimum atomic E-state index is -0.0550. The topological polar surface area (TPSA) is 61.6 Å². The van der Waals surface area contributed by atoms with E-state index in [-0.39, 0.29) is 6.03 Å². The Hall–Kier alpha value is -1.56. The van der Waals surface area contributed by atoms with Gasteiger partial charge in [0.2, 0.25) is 0 Å². The van der Waals surface area contributed by atoms with Gasteiger partial charge in [0.15, 0.2) is 0 Å². The fraction of sp³-hybridized carbons (Fsp3) is 0.714. The largest absolute Gasteiger partial charge is 0.361 e. The fourth-order valence-electron chi connectivity index (χ4n) is 2.54. The second-order valence-electron chi connectivity index (χ2n) is 5.52. The SMILES string of the molecule is CCN1CC[C@@H](CNC(=O)N(C)Cc2cc(C)on2)C1. The van der Waals surface area contributed by atoms with Crippen molar-refractivity contribution in [3.05, 3.63) is 17.5 Å². The van der Waals surface area contributed by atoms with E-state index in [4.69, 9.17) is 4.52 Å². The van der Waals surface area contributed by atoms with Crippen LogP contribution in [0, 0.1) is 12.8 Å². The first-order valence-electron chi connectivity index (χ1n) is 7.22. The van der Waals surface area contributed by atoms with E-state index in [1.807, 2.05) is 13.0 Å². The number of aryl methyl sites for hydroxylation is 1. The van der Waals surface area contributed by atoms with E-state index in [2.05, 4.69) is 22.3 Å². The number of nitrogens with zero attached hydrogens (tertiary/aromatic N) is 3. The molecule has 1 atom stereocenters. The molecular formula is C14H24N4O2. The van der Waals surface area contributed by atoms with Gasteiger partial charge in [0.25, 0.3) is 0 Å². The van der Waals surface area contributed by atoms with Gasteiger partial charge in [0, 0.05) is 26.2 Å². The van der Waals surface area contributed by atoms with Gasteiger partial charge in [-0.3, -0.25) is 0 Å². The Morgan fingerprint density at radius 1 is 1.65 bits per heavy atom. The number of hydrogen-bond donors (Lipinski definition) is 1. The molecular weight excluding hydrogens is 256 g/mol. The maximum atomic E-state index is 12.0. The number of carbonyl (C=O) groups excluding carboxylic acids is 1. The predicted molar refractivity (Wildman–Crippen MR) is 76.3 cm³/mol. The average molecular weight is 280 g/mol. The third kappa shape index (κ3) is 3.96. The Labute approximate surface area is 120 Å². The van der Waals surface area contributed by atoms with Gasteiger partial charge in [0.05, 0.1) is 6.54 Å². The van der Waals surface area contributed by atoms with Gasteiger partial charge in [0.1, 0.15) is 11.5 Å². The Bertz CT molecular complexity index is 446. The lowest BCUT2D eigenvalue weighted by Gasteiger charge is -2.18. The zero-order valence-corrected chi connectivity index (χ0v) is 12.6. The van der Waals surface area contributed by atoms with Crippen LogP contribution in [0.5, 0.6) is 0 Å². The third-order valence-electron chi connectivity index (χ3n) is 3.78. The van der Waals surface area contributed by atoms with Crippen LogP contribution >= 0.6 is 0 Å². The van der Waals surface area contributed by atoms with Crippen LogP contribution in [0.15, 0.2) is 10.6 Å². The molecule has 0 radical (unpaired) electrons. The fourth-order valence-corrected chi connectivity index (χ4v) is 2.54. The van der Waals surface area contributed by atoms with Crippen molar-refractivity contribution in [3.63, 3.8) is 0 Å². The molecule has 1 N–H and O–H groups in total. The van der Waals surface area contributed by atoms with Gasteiger partial charge in [-0.1, -0.05) is 12.1 Å². The number of urea groups is 1. The molecule has 1 aromatic rings. The second-order valence-corrected chi connectivity index (χ2v) is 5.52. The molecule has 0 saturated carbocycles. The zero-order valence-electron chi connectivity index (χ0n) is 12.6. The van der Waals surface area contributed by atoms with Gasteiger partial charge in [-0.15, -0.1) is 0 Å². The number of hydrogen-bond acceptors (Lipinski definition) is 4. The molecule has 112 valence electrons. The van der Waals surface area contributed by atoms with E-state index in [1.165, 1.54) is 6.42 Å². The smallest absolute Gasteiger partial charge is 0.317 e. The summed E-state index contributed by atoms with van der Waals surface area (Å²) in [6.07, 6.45) is 1.17. The highest BCUT2D eigenvalue weighted by atomic mass is 16.5. The van der Waals surface area contributed by atoms with Gasteiger partial charge >= 0.3 is 6.03 Å². The first-order valence-corrected chi connectivity index (χ1v) is 7.22. The summed E-state index contributed by atoms with van der Waals surface area (Å²) in [5, 5.41) is 6.89. The van der Waals surface area contributed by atoms with Crippen LogP contribution < -0.4 is 5.32 Å². The first-order chi connectivity index (χ1) is 9.58. The van der Waals surface area contributed by atoms with Crippen molar-refractivity contribution in [2.75, 3.05) is 33.2 Å². The molecule has 20 heavy (non-hydrogen) atoms. The molecule has 2 heterocycles. The number of carbonyl (C=O) groups is 1. The lowest BCUT2D eigenvalue weighted by molar-refractivity contribution is 0.203. The van der Waals surface area contributed by atoms with E-state index in [0.29, 0.717) is 12.5 Å². The molecule has 0 unspecified atom stereocenters. The summed E-state index contributed by atoms with van der Waals surface area (Å²) in [5.41, 5.74) is 0.776. The maximum absolute atomic E-state index is 12.0. The van der Waals surface area contributed by atoms with Crippen LogP contribution in [-0.4, -0.2) is 54.2 Å². The van der Waals surface area contributed by atoms with E-state index in [1.54, 1.807) is 11.9 Å². The Morgan fingerprint density at radius 3 is 3.05 bits per heavy atom. The van der Waals surface area contributed by atoms with Crippen molar-refractivity contribution < 1.29 is 9.32 Å². The van der Waals surface area contributed by atoms with Crippen molar-refractivity contribution >= 4 is 6.03 Å². The molecule has 0 aromatic carbocycles. The van der Waals surface area contributed by atoms with E-state index >= 15 is 0 Å². The minimum absolute atomic E-state index is 0.0550. The monoisotopic (exact) mass is 280 g/mol. The standard InChI is InChI=1S/C14H24N4O2/c1-4-18-6-5-12(9-18)8-15-14(19)17(3)10-13-7-11(2)20-16-13/h7,12H,4-6,8-10H2,1-3H3,(H,15,19)/t12-/m0/s1. The normalized spacial score (nSPS) is 19.2. The van der Waals surface area contributed by atoms with Crippen molar-refractivity contribution in [2.45, 2.75) is 26.8 Å². The number of rotatable bonds is 5. The molecule has 2 amide bonds. The predicted octanol–water partition coefficient (Wildman–Crippen LogP) is 1.47. The van der Waals surface area contributed by atoms with Crippen LogP contribution in [0.4, 0.5) is 4.79 Å². The average Bonchev–Trinajstić information content (AvgIpc) is 3.04. The summed E-state index contributed by atoms with van der Waals surface area (Å²) in [6.45, 7) is 8.56. The molecule has 1 aromatic heterocycles. The molecule has 0 spiro atoms. The molecule has 2 rings (SSSR count). The molecule has 1 fully saturated rings. The van der Waals surface area contributed by atoms with Crippen molar-refractivity contribution in [1.82, 2.24) is 20.3 Å². The highest BCUT2D eigenvalue weighted by Crippen LogP contribution is 2.14. The number of nitrogens with one attached hydrogen (secondary N) is 1. The first kappa shape index (κ1) is 14.8. The molecule has 0 bridgehead atoms. The van der Waals surface area contributed by atoms with Gasteiger partial charge < -0.3 is 19.6 Å². The van der Waals surface area contributed by atoms with Gasteiger partial charge in [-0.25, -0.2) is 4.79 Å².